The Hall–Kier alpha value is -1.22. The van der Waals surface area contributed by atoms with E-state index in [0.717, 1.165) is 0 Å². The lowest BCUT2D eigenvalue weighted by molar-refractivity contribution is 0.127. The number of nitrogen functional groups attached to an aromatic ring is 1. The number of phenols is 1. The molecule has 13 heavy (non-hydrogen) atoms. The molecule has 4 N–H and O–H groups in total. The van der Waals surface area contributed by atoms with Gasteiger partial charge in [0.15, 0.2) is 0 Å². The summed E-state index contributed by atoms with van der Waals surface area (Å²) in [4.78, 5) is 0. The highest BCUT2D eigenvalue weighted by Gasteiger charge is 2.15. The molecule has 0 aliphatic carbocycles. The van der Waals surface area contributed by atoms with Gasteiger partial charge in [0.05, 0.1) is 11.8 Å². The van der Waals surface area contributed by atoms with Crippen LogP contribution in [0.5, 0.6) is 5.75 Å². The Balaban J connectivity index is 3.07. The molecule has 0 bridgehead atoms. The van der Waals surface area contributed by atoms with Crippen LogP contribution in [0.15, 0.2) is 18.2 Å². The van der Waals surface area contributed by atoms with E-state index in [1.807, 2.05) is 13.8 Å². The van der Waals surface area contributed by atoms with Crippen molar-refractivity contribution in [3.8, 4) is 5.75 Å². The molecular formula is C10H15NO2. The Morgan fingerprint density at radius 2 is 1.92 bits per heavy atom. The number of benzene rings is 1. The Morgan fingerprint density at radius 3 is 2.46 bits per heavy atom. The van der Waals surface area contributed by atoms with E-state index in [1.54, 1.807) is 12.1 Å². The molecule has 0 heterocycles. The van der Waals surface area contributed by atoms with E-state index in [2.05, 4.69) is 0 Å². The summed E-state index contributed by atoms with van der Waals surface area (Å²) < 4.78 is 0. The van der Waals surface area contributed by atoms with Crippen molar-refractivity contribution in [2.75, 3.05) is 5.73 Å². The van der Waals surface area contributed by atoms with Crippen LogP contribution in [0.1, 0.15) is 25.5 Å². The summed E-state index contributed by atoms with van der Waals surface area (Å²) in [7, 11) is 0. The van der Waals surface area contributed by atoms with Gasteiger partial charge in [-0.1, -0.05) is 26.0 Å². The first-order valence-electron chi connectivity index (χ1n) is 4.29. The summed E-state index contributed by atoms with van der Waals surface area (Å²) >= 11 is 0. The fourth-order valence-electron chi connectivity index (χ4n) is 1.19. The summed E-state index contributed by atoms with van der Waals surface area (Å²) in [6.45, 7) is 3.79. The van der Waals surface area contributed by atoms with Gasteiger partial charge in [0.2, 0.25) is 0 Å². The van der Waals surface area contributed by atoms with E-state index < -0.39 is 6.10 Å². The lowest BCUT2D eigenvalue weighted by Crippen LogP contribution is -2.08. The number of aliphatic hydroxyl groups is 1. The quantitative estimate of drug-likeness (QED) is 0.480. The van der Waals surface area contributed by atoms with Gasteiger partial charge in [-0.3, -0.25) is 0 Å². The second-order valence-corrected chi connectivity index (χ2v) is 3.47. The lowest BCUT2D eigenvalue weighted by atomic mass is 9.97. The number of rotatable bonds is 2. The molecule has 0 amide bonds. The van der Waals surface area contributed by atoms with E-state index >= 15 is 0 Å². The Labute approximate surface area is 77.8 Å². The second-order valence-electron chi connectivity index (χ2n) is 3.47. The summed E-state index contributed by atoms with van der Waals surface area (Å²) in [5, 5.41) is 19.0. The van der Waals surface area contributed by atoms with Gasteiger partial charge in [-0.05, 0) is 12.0 Å². The molecule has 0 aliphatic rings. The van der Waals surface area contributed by atoms with Gasteiger partial charge in [0, 0.05) is 5.56 Å². The number of aromatic hydroxyl groups is 1. The van der Waals surface area contributed by atoms with Gasteiger partial charge in [-0.25, -0.2) is 0 Å². The van der Waals surface area contributed by atoms with Crippen molar-refractivity contribution in [2.24, 2.45) is 5.92 Å². The molecule has 0 fully saturated rings. The topological polar surface area (TPSA) is 66.5 Å². The third-order valence-corrected chi connectivity index (χ3v) is 2.07. The molecule has 0 aliphatic heterocycles. The lowest BCUT2D eigenvalue weighted by Gasteiger charge is -2.17. The molecule has 1 aromatic rings. The molecule has 0 spiro atoms. The van der Waals surface area contributed by atoms with E-state index in [1.165, 1.54) is 6.07 Å². The van der Waals surface area contributed by atoms with Crippen LogP contribution in [-0.2, 0) is 0 Å². The number of hydrogen-bond donors (Lipinski definition) is 3. The van der Waals surface area contributed by atoms with Crippen molar-refractivity contribution in [3.63, 3.8) is 0 Å². The third kappa shape index (κ3) is 1.92. The summed E-state index contributed by atoms with van der Waals surface area (Å²) in [6, 6.07) is 4.90. The number of nitrogens with two attached hydrogens (primary N) is 1. The minimum atomic E-state index is -0.618. The van der Waals surface area contributed by atoms with Crippen molar-refractivity contribution in [1.82, 2.24) is 0 Å². The molecule has 1 atom stereocenters. The molecule has 0 saturated heterocycles. The van der Waals surface area contributed by atoms with Crippen LogP contribution < -0.4 is 5.73 Å². The third-order valence-electron chi connectivity index (χ3n) is 2.07. The highest BCUT2D eigenvalue weighted by molar-refractivity contribution is 5.58. The summed E-state index contributed by atoms with van der Waals surface area (Å²) in [6.07, 6.45) is -0.618. The predicted molar refractivity (Wildman–Crippen MR) is 52.3 cm³/mol. The van der Waals surface area contributed by atoms with Crippen LogP contribution >= 0.6 is 0 Å². The molecule has 1 unspecified atom stereocenters. The number of anilines is 1. The fourth-order valence-corrected chi connectivity index (χ4v) is 1.19. The van der Waals surface area contributed by atoms with Crippen LogP contribution in [0.4, 0.5) is 5.69 Å². The Bertz CT molecular complexity index is 297. The fraction of sp³-hybridized carbons (Fsp3) is 0.400. The summed E-state index contributed by atoms with van der Waals surface area (Å²) in [5.74, 6) is 0.112. The van der Waals surface area contributed by atoms with Crippen LogP contribution in [0.3, 0.4) is 0 Å². The maximum absolute atomic E-state index is 9.71. The number of aliphatic hydroxyl groups excluding tert-OH is 1. The molecular weight excluding hydrogens is 166 g/mol. The van der Waals surface area contributed by atoms with Crippen molar-refractivity contribution < 1.29 is 10.2 Å². The second kappa shape index (κ2) is 3.66. The largest absolute Gasteiger partial charge is 0.506 e. The Morgan fingerprint density at radius 1 is 1.31 bits per heavy atom. The first-order chi connectivity index (χ1) is 6.04. The average Bonchev–Trinajstić information content (AvgIpc) is 2.08. The highest BCUT2D eigenvalue weighted by atomic mass is 16.3. The van der Waals surface area contributed by atoms with Crippen molar-refractivity contribution in [3.05, 3.63) is 23.8 Å². The summed E-state index contributed by atoms with van der Waals surface area (Å²) in [5.41, 5.74) is 6.47. The molecule has 72 valence electrons. The van der Waals surface area contributed by atoms with Crippen molar-refractivity contribution >= 4 is 5.69 Å². The first kappa shape index (κ1) is 9.86. The van der Waals surface area contributed by atoms with Crippen LogP contribution in [0, 0.1) is 5.92 Å². The van der Waals surface area contributed by atoms with E-state index in [-0.39, 0.29) is 17.4 Å². The monoisotopic (exact) mass is 181 g/mol. The molecule has 1 rings (SSSR count). The molecule has 1 aromatic carbocycles. The average molecular weight is 181 g/mol. The van der Waals surface area contributed by atoms with Gasteiger partial charge < -0.3 is 15.9 Å². The standard InChI is InChI=1S/C10H15NO2/c1-6(2)10(13)7-4-3-5-8(12)9(7)11/h3-6,10,12-13H,11H2,1-2H3. The molecule has 3 nitrogen and oxygen atoms in total. The zero-order valence-electron chi connectivity index (χ0n) is 7.86. The Kier molecular flexibility index (Phi) is 2.78. The molecule has 0 saturated carbocycles. The van der Waals surface area contributed by atoms with Gasteiger partial charge in [-0.2, -0.15) is 0 Å². The maximum atomic E-state index is 9.71. The van der Waals surface area contributed by atoms with Gasteiger partial charge in [0.1, 0.15) is 5.75 Å². The van der Waals surface area contributed by atoms with Gasteiger partial charge in [-0.15, -0.1) is 0 Å². The van der Waals surface area contributed by atoms with E-state index in [4.69, 9.17) is 5.73 Å². The normalized spacial score (nSPS) is 13.2. The first-order valence-corrected chi connectivity index (χ1v) is 4.29. The van der Waals surface area contributed by atoms with Gasteiger partial charge in [0.25, 0.3) is 0 Å². The van der Waals surface area contributed by atoms with Crippen molar-refractivity contribution in [2.45, 2.75) is 20.0 Å². The zero-order valence-corrected chi connectivity index (χ0v) is 7.86. The predicted octanol–water partition coefficient (Wildman–Crippen LogP) is 1.66. The number of hydrogen-bond acceptors (Lipinski definition) is 3. The van der Waals surface area contributed by atoms with Crippen LogP contribution in [0.2, 0.25) is 0 Å². The van der Waals surface area contributed by atoms with Gasteiger partial charge >= 0.3 is 0 Å². The zero-order chi connectivity index (χ0) is 10.0. The highest BCUT2D eigenvalue weighted by Crippen LogP contribution is 2.31. The molecule has 0 radical (unpaired) electrons. The van der Waals surface area contributed by atoms with E-state index in [0.29, 0.717) is 5.56 Å². The maximum Gasteiger partial charge on any atom is 0.138 e. The minimum Gasteiger partial charge on any atom is -0.506 e. The van der Waals surface area contributed by atoms with Crippen LogP contribution in [-0.4, -0.2) is 10.2 Å². The smallest absolute Gasteiger partial charge is 0.138 e. The molecule has 3 heteroatoms. The minimum absolute atomic E-state index is 0.0252. The van der Waals surface area contributed by atoms with Crippen LogP contribution in [0.25, 0.3) is 0 Å². The molecule has 0 aromatic heterocycles. The SMILES string of the molecule is CC(C)C(O)c1cccc(O)c1N. The van der Waals surface area contributed by atoms with Crippen molar-refractivity contribution in [1.29, 1.82) is 0 Å². The number of phenolic OH excluding ortho intramolecular Hbond substituents is 1. The van der Waals surface area contributed by atoms with E-state index in [9.17, 15) is 10.2 Å². The number of para-hydroxylation sites is 1.